The van der Waals surface area contributed by atoms with Crippen molar-refractivity contribution in [1.29, 1.82) is 0 Å². The second kappa shape index (κ2) is 6.09. The third-order valence-electron chi connectivity index (χ3n) is 0.992. The molecule has 66 valence electrons. The van der Waals surface area contributed by atoms with Crippen LogP contribution < -0.4 is 11.5 Å². The Labute approximate surface area is 70.1 Å². The average molecular weight is 183 g/mol. The first-order valence-electron chi connectivity index (χ1n) is 2.78. The Balaban J connectivity index is 0. The lowest BCUT2D eigenvalue weighted by Gasteiger charge is -2.01. The molecule has 0 saturated carbocycles. The predicted molar refractivity (Wildman–Crippen MR) is 41.5 cm³/mol. The summed E-state index contributed by atoms with van der Waals surface area (Å²) in [5.41, 5.74) is 9.94. The summed E-state index contributed by atoms with van der Waals surface area (Å²) in [5.74, 6) is -1.52. The van der Waals surface area contributed by atoms with Gasteiger partial charge in [0, 0.05) is 6.42 Å². The van der Waals surface area contributed by atoms with E-state index in [2.05, 4.69) is 0 Å². The van der Waals surface area contributed by atoms with Gasteiger partial charge in [-0.15, -0.1) is 12.4 Å². The topological polar surface area (TPSA) is 106 Å². The molecule has 0 heterocycles. The van der Waals surface area contributed by atoms with Crippen LogP contribution in [0, 0.1) is 0 Å². The number of carbonyl (C=O) groups excluding carboxylic acids is 1. The van der Waals surface area contributed by atoms with Crippen LogP contribution in [0.5, 0.6) is 0 Å². The minimum absolute atomic E-state index is 0. The summed E-state index contributed by atoms with van der Waals surface area (Å²) >= 11 is 0. The van der Waals surface area contributed by atoms with Crippen molar-refractivity contribution in [2.75, 3.05) is 6.54 Å². The first-order valence-corrected chi connectivity index (χ1v) is 2.78. The maximum Gasteiger partial charge on any atom is 0.320 e. The number of rotatable bonds is 4. The molecule has 6 heteroatoms. The van der Waals surface area contributed by atoms with E-state index in [1.54, 1.807) is 0 Å². The third-order valence-corrected chi connectivity index (χ3v) is 0.992. The minimum Gasteiger partial charge on any atom is -0.480 e. The van der Waals surface area contributed by atoms with Crippen LogP contribution in [0.25, 0.3) is 0 Å². The number of carboxylic acids is 1. The predicted octanol–water partition coefficient (Wildman–Crippen LogP) is -1.26. The van der Waals surface area contributed by atoms with Crippen molar-refractivity contribution in [3.63, 3.8) is 0 Å². The number of halogens is 1. The molecular weight excluding hydrogens is 172 g/mol. The maximum atomic E-state index is 10.5. The van der Waals surface area contributed by atoms with Crippen LogP contribution >= 0.6 is 12.4 Å². The lowest BCUT2D eigenvalue weighted by Crippen LogP contribution is -2.34. The van der Waals surface area contributed by atoms with Gasteiger partial charge < -0.3 is 16.6 Å². The highest BCUT2D eigenvalue weighted by molar-refractivity contribution is 5.86. The van der Waals surface area contributed by atoms with Crippen LogP contribution in [0.4, 0.5) is 0 Å². The number of carbonyl (C=O) groups is 2. The van der Waals surface area contributed by atoms with E-state index in [9.17, 15) is 9.59 Å². The fourth-order valence-electron chi connectivity index (χ4n) is 0.416. The molecule has 0 spiro atoms. The molecule has 0 radical (unpaired) electrons. The van der Waals surface area contributed by atoms with E-state index in [0.717, 1.165) is 0 Å². The highest BCUT2D eigenvalue weighted by Gasteiger charge is 2.14. The zero-order valence-electron chi connectivity index (χ0n) is 5.82. The van der Waals surface area contributed by atoms with E-state index in [0.29, 0.717) is 0 Å². The smallest absolute Gasteiger partial charge is 0.320 e. The summed E-state index contributed by atoms with van der Waals surface area (Å²) in [7, 11) is 0. The molecule has 0 aliphatic carbocycles. The van der Waals surface area contributed by atoms with Crippen molar-refractivity contribution in [3.05, 3.63) is 0 Å². The lowest BCUT2D eigenvalue weighted by atomic mass is 10.1. The Bertz CT molecular complexity index is 151. The van der Waals surface area contributed by atoms with Gasteiger partial charge in [0.15, 0.2) is 0 Å². The third kappa shape index (κ3) is 5.78. The summed E-state index contributed by atoms with van der Waals surface area (Å²) in [6.07, 6.45) is -0.189. The fourth-order valence-corrected chi connectivity index (χ4v) is 0.416. The van der Waals surface area contributed by atoms with E-state index in [-0.39, 0.29) is 31.2 Å². The average Bonchev–Trinajstić information content (AvgIpc) is 1.87. The van der Waals surface area contributed by atoms with Crippen molar-refractivity contribution >= 4 is 24.2 Å². The van der Waals surface area contributed by atoms with Gasteiger partial charge in [-0.3, -0.25) is 9.59 Å². The number of nitrogens with two attached hydrogens (primary N) is 2. The second-order valence-corrected chi connectivity index (χ2v) is 1.89. The standard InChI is InChI=1S/C5H10N2O3.ClH/c6-2-3(8)1-4(7)5(9)10;/h4H,1-2,6-7H2,(H,9,10);1H/t4-;/m0./s1. The molecule has 5 nitrogen and oxygen atoms in total. The van der Waals surface area contributed by atoms with Crippen molar-refractivity contribution in [2.24, 2.45) is 11.5 Å². The van der Waals surface area contributed by atoms with Crippen LogP contribution in [-0.2, 0) is 9.59 Å². The molecule has 0 aliphatic rings. The van der Waals surface area contributed by atoms with Gasteiger partial charge in [-0.25, -0.2) is 0 Å². The van der Waals surface area contributed by atoms with Gasteiger partial charge in [0.25, 0.3) is 0 Å². The van der Waals surface area contributed by atoms with E-state index in [1.165, 1.54) is 0 Å². The molecule has 0 saturated heterocycles. The molecule has 11 heavy (non-hydrogen) atoms. The molecule has 0 unspecified atom stereocenters. The summed E-state index contributed by atoms with van der Waals surface area (Å²) in [6.45, 7) is -0.152. The fraction of sp³-hybridized carbons (Fsp3) is 0.600. The second-order valence-electron chi connectivity index (χ2n) is 1.89. The monoisotopic (exact) mass is 182 g/mol. The largest absolute Gasteiger partial charge is 0.480 e. The summed E-state index contributed by atoms with van der Waals surface area (Å²) in [6, 6.07) is -1.11. The molecule has 0 bridgehead atoms. The number of Topliss-reactive ketones (excluding diaryl/α,β-unsaturated/α-hetero) is 1. The van der Waals surface area contributed by atoms with Crippen molar-refractivity contribution < 1.29 is 14.7 Å². The van der Waals surface area contributed by atoms with Crippen molar-refractivity contribution in [1.82, 2.24) is 0 Å². The number of aliphatic carboxylic acids is 1. The minimum atomic E-state index is -1.18. The molecule has 0 aromatic rings. The van der Waals surface area contributed by atoms with Gasteiger partial charge >= 0.3 is 5.97 Å². The van der Waals surface area contributed by atoms with Crippen molar-refractivity contribution in [2.45, 2.75) is 12.5 Å². The van der Waals surface area contributed by atoms with Gasteiger partial charge in [-0.05, 0) is 0 Å². The molecule has 0 aliphatic heterocycles. The number of ketones is 1. The number of carboxylic acid groups (broad SMARTS) is 1. The molecule has 0 aromatic heterocycles. The summed E-state index contributed by atoms with van der Waals surface area (Å²) in [4.78, 5) is 20.5. The zero-order chi connectivity index (χ0) is 8.15. The van der Waals surface area contributed by atoms with Crippen LogP contribution in [0.3, 0.4) is 0 Å². The van der Waals surface area contributed by atoms with Gasteiger partial charge in [-0.2, -0.15) is 0 Å². The van der Waals surface area contributed by atoms with Gasteiger partial charge in [0.2, 0.25) is 0 Å². The molecule has 0 aromatic carbocycles. The molecular formula is C5H11ClN2O3. The van der Waals surface area contributed by atoms with E-state index >= 15 is 0 Å². The highest BCUT2D eigenvalue weighted by Crippen LogP contribution is 1.87. The lowest BCUT2D eigenvalue weighted by molar-refractivity contribution is -0.140. The zero-order valence-corrected chi connectivity index (χ0v) is 6.63. The Morgan fingerprint density at radius 2 is 1.91 bits per heavy atom. The molecule has 0 rings (SSSR count). The number of hydrogen-bond acceptors (Lipinski definition) is 4. The van der Waals surface area contributed by atoms with E-state index in [1.807, 2.05) is 0 Å². The van der Waals surface area contributed by atoms with Crippen LogP contribution in [-0.4, -0.2) is 29.4 Å². The summed E-state index contributed by atoms with van der Waals surface area (Å²) in [5, 5.41) is 8.21. The van der Waals surface area contributed by atoms with Crippen LogP contribution in [0.2, 0.25) is 0 Å². The first kappa shape index (κ1) is 13.0. The molecule has 0 amide bonds. The van der Waals surface area contributed by atoms with Gasteiger partial charge in [0.1, 0.15) is 11.8 Å². The van der Waals surface area contributed by atoms with E-state index < -0.39 is 12.0 Å². The van der Waals surface area contributed by atoms with Gasteiger partial charge in [0.05, 0.1) is 6.54 Å². The molecule has 0 fully saturated rings. The maximum absolute atomic E-state index is 10.5. The Kier molecular flexibility index (Phi) is 7.18. The molecule has 5 N–H and O–H groups in total. The van der Waals surface area contributed by atoms with E-state index in [4.69, 9.17) is 16.6 Å². The highest BCUT2D eigenvalue weighted by atomic mass is 35.5. The quantitative estimate of drug-likeness (QED) is 0.503. The normalized spacial score (nSPS) is 11.5. The SMILES string of the molecule is Cl.NCC(=O)C[C@H](N)C(=O)O. The van der Waals surface area contributed by atoms with Crippen LogP contribution in [0.15, 0.2) is 0 Å². The summed E-state index contributed by atoms with van der Waals surface area (Å²) < 4.78 is 0. The number of hydrogen-bond donors (Lipinski definition) is 3. The van der Waals surface area contributed by atoms with Crippen LogP contribution in [0.1, 0.15) is 6.42 Å². The Morgan fingerprint density at radius 3 is 2.18 bits per heavy atom. The van der Waals surface area contributed by atoms with Crippen molar-refractivity contribution in [3.8, 4) is 0 Å². The van der Waals surface area contributed by atoms with Gasteiger partial charge in [-0.1, -0.05) is 0 Å². The Morgan fingerprint density at radius 1 is 1.45 bits per heavy atom. The first-order chi connectivity index (χ1) is 4.57. The molecule has 1 atom stereocenters. The Hall–Kier alpha value is -0.650.